The van der Waals surface area contributed by atoms with E-state index in [0.717, 1.165) is 4.88 Å². The number of fused-ring (bicyclic) bond motifs is 1. The molecule has 0 spiro atoms. The highest BCUT2D eigenvalue weighted by atomic mass is 32.2. The maximum absolute atomic E-state index is 12.7. The summed E-state index contributed by atoms with van der Waals surface area (Å²) < 4.78 is 1.66. The van der Waals surface area contributed by atoms with E-state index in [-0.39, 0.29) is 30.1 Å². The van der Waals surface area contributed by atoms with Crippen molar-refractivity contribution >= 4 is 46.9 Å². The highest BCUT2D eigenvalue weighted by molar-refractivity contribution is 8.00. The molecule has 31 heavy (non-hydrogen) atoms. The van der Waals surface area contributed by atoms with Crippen LogP contribution in [-0.2, 0) is 27.3 Å². The first kappa shape index (κ1) is 21.1. The third-order valence-corrected chi connectivity index (χ3v) is 7.21. The molecule has 4 rings (SSSR count). The number of thiophene rings is 1. The van der Waals surface area contributed by atoms with Crippen LogP contribution in [0, 0.1) is 0 Å². The molecule has 0 radical (unpaired) electrons. The lowest BCUT2D eigenvalue weighted by Crippen LogP contribution is -2.70. The van der Waals surface area contributed by atoms with Crippen LogP contribution in [0.25, 0.3) is 0 Å². The summed E-state index contributed by atoms with van der Waals surface area (Å²) in [6, 6.07) is 5.79. The summed E-state index contributed by atoms with van der Waals surface area (Å²) in [6.45, 7) is 0.209. The number of hydrogen-bond acceptors (Lipinski definition) is 6. The smallest absolute Gasteiger partial charge is 0.352 e. The number of carbonyl (C=O) groups is 4. The molecule has 2 amide bonds. The van der Waals surface area contributed by atoms with Crippen LogP contribution in [0.15, 0.2) is 53.3 Å². The maximum Gasteiger partial charge on any atom is 0.352 e. The van der Waals surface area contributed by atoms with E-state index in [1.165, 1.54) is 40.1 Å². The quantitative estimate of drug-likeness (QED) is 0.410. The molecule has 2 aliphatic rings. The number of rotatable bonds is 7. The molecule has 4 heterocycles. The zero-order chi connectivity index (χ0) is 22.1. The third kappa shape index (κ3) is 4.19. The van der Waals surface area contributed by atoms with Crippen LogP contribution in [0.3, 0.4) is 0 Å². The fraction of sp³-hybridized carbons (Fsp3) is 0.250. The minimum absolute atomic E-state index is 0.0766. The van der Waals surface area contributed by atoms with Crippen molar-refractivity contribution in [2.24, 2.45) is 0 Å². The molecule has 0 aromatic carbocycles. The van der Waals surface area contributed by atoms with Crippen LogP contribution in [0.4, 0.5) is 0 Å². The Morgan fingerprint density at radius 1 is 1.16 bits per heavy atom. The van der Waals surface area contributed by atoms with Gasteiger partial charge in [-0.15, -0.1) is 23.1 Å². The number of hydrogen-bond donors (Lipinski definition) is 3. The lowest BCUT2D eigenvalue weighted by atomic mass is 10.0. The number of carboxylic acid groups (broad SMARTS) is 2. The third-order valence-electron chi connectivity index (χ3n) is 4.99. The number of nitrogens with zero attached hydrogens (tertiary/aromatic N) is 2. The van der Waals surface area contributed by atoms with E-state index >= 15 is 0 Å². The first-order chi connectivity index (χ1) is 14.8. The van der Waals surface area contributed by atoms with Crippen LogP contribution >= 0.6 is 23.1 Å². The van der Waals surface area contributed by atoms with Crippen molar-refractivity contribution < 1.29 is 34.0 Å². The predicted molar refractivity (Wildman–Crippen MR) is 111 cm³/mol. The number of pyridine rings is 1. The van der Waals surface area contributed by atoms with Gasteiger partial charge in [0.05, 0.1) is 12.0 Å². The van der Waals surface area contributed by atoms with Gasteiger partial charge in [-0.05, 0) is 11.4 Å². The molecule has 1 saturated heterocycles. The Labute approximate surface area is 185 Å². The number of carboxylic acids is 2. The van der Waals surface area contributed by atoms with Crippen molar-refractivity contribution in [2.45, 2.75) is 24.4 Å². The molecule has 0 unspecified atom stereocenters. The number of nitrogens with one attached hydrogen (secondary N) is 1. The van der Waals surface area contributed by atoms with Crippen molar-refractivity contribution in [2.75, 3.05) is 5.75 Å². The topological polar surface area (TPSA) is 128 Å². The second-order valence-corrected chi connectivity index (χ2v) is 9.17. The number of thioether (sulfide) groups is 1. The van der Waals surface area contributed by atoms with Gasteiger partial charge < -0.3 is 15.5 Å². The van der Waals surface area contributed by atoms with Gasteiger partial charge in [0, 0.05) is 28.3 Å². The summed E-state index contributed by atoms with van der Waals surface area (Å²) in [5, 5.41) is 22.9. The Balaban J connectivity index is 1.48. The SMILES string of the molecule is O=C(Cc1cccs1)N[C@@H]1C(=O)N2C(C(=O)O)=C(C[n+]3ccc(C(=O)O)cc3)CS[C@H]12. The van der Waals surface area contributed by atoms with Crippen molar-refractivity contribution in [1.29, 1.82) is 0 Å². The standard InChI is InChI=1S/C20H17N3O6S2/c24-14(8-13-2-1-7-30-13)21-15-17(25)23-16(20(28)29)12(10-31-18(15)23)9-22-5-3-11(4-6-22)19(26)27/h1-7,15,18H,8-10H2,(H2-,21,24,26,27,28,29)/p+1/t15-,18-/m1/s1. The van der Waals surface area contributed by atoms with Gasteiger partial charge in [-0.1, -0.05) is 6.07 Å². The molecule has 11 heteroatoms. The number of β-lactam (4-membered cyclic amide) rings is 1. The summed E-state index contributed by atoms with van der Waals surface area (Å²) in [5.74, 6) is -2.60. The normalized spacial score (nSPS) is 20.1. The fourth-order valence-electron chi connectivity index (χ4n) is 3.53. The highest BCUT2D eigenvalue weighted by Gasteiger charge is 2.54. The van der Waals surface area contributed by atoms with Crippen LogP contribution < -0.4 is 9.88 Å². The maximum atomic E-state index is 12.7. The zero-order valence-electron chi connectivity index (χ0n) is 16.1. The average Bonchev–Trinajstić information content (AvgIpc) is 3.24. The molecule has 2 aromatic heterocycles. The molecule has 9 nitrogen and oxygen atoms in total. The van der Waals surface area contributed by atoms with Gasteiger partial charge in [0.15, 0.2) is 18.9 Å². The number of carbonyl (C=O) groups excluding carboxylic acids is 2. The molecule has 0 bridgehead atoms. The Morgan fingerprint density at radius 2 is 1.90 bits per heavy atom. The van der Waals surface area contributed by atoms with Crippen LogP contribution in [0.5, 0.6) is 0 Å². The number of aromatic carboxylic acids is 1. The number of amides is 2. The molecule has 2 aliphatic heterocycles. The number of aromatic nitrogens is 1. The lowest BCUT2D eigenvalue weighted by molar-refractivity contribution is -0.689. The second-order valence-electron chi connectivity index (χ2n) is 7.03. The summed E-state index contributed by atoms with van der Waals surface area (Å²) in [7, 11) is 0. The molecule has 160 valence electrons. The summed E-state index contributed by atoms with van der Waals surface area (Å²) in [4.78, 5) is 50.0. The number of aliphatic carboxylic acids is 1. The van der Waals surface area contributed by atoms with Crippen molar-refractivity contribution in [1.82, 2.24) is 10.2 Å². The first-order valence-electron chi connectivity index (χ1n) is 9.29. The minimum Gasteiger partial charge on any atom is -0.478 e. The Hall–Kier alpha value is -3.18. The van der Waals surface area contributed by atoms with Gasteiger partial charge in [-0.25, -0.2) is 14.2 Å². The van der Waals surface area contributed by atoms with Crippen LogP contribution in [0.2, 0.25) is 0 Å². The van der Waals surface area contributed by atoms with Crippen LogP contribution in [0.1, 0.15) is 15.2 Å². The van der Waals surface area contributed by atoms with Gasteiger partial charge in [0.25, 0.3) is 5.91 Å². The summed E-state index contributed by atoms with van der Waals surface area (Å²) in [6.07, 6.45) is 3.28. The van der Waals surface area contributed by atoms with Crippen LogP contribution in [-0.4, -0.2) is 56.0 Å². The largest absolute Gasteiger partial charge is 0.478 e. The average molecular weight is 461 g/mol. The van der Waals surface area contributed by atoms with Gasteiger partial charge in [-0.2, -0.15) is 0 Å². The van der Waals surface area contributed by atoms with Gasteiger partial charge in [-0.3, -0.25) is 14.5 Å². The molecule has 0 aliphatic carbocycles. The molecule has 1 fully saturated rings. The highest BCUT2D eigenvalue weighted by Crippen LogP contribution is 2.40. The Kier molecular flexibility index (Phi) is 5.79. The zero-order valence-corrected chi connectivity index (χ0v) is 17.7. The molecule has 2 atom stereocenters. The van der Waals surface area contributed by atoms with Gasteiger partial charge in [0.1, 0.15) is 17.1 Å². The summed E-state index contributed by atoms with van der Waals surface area (Å²) in [5.41, 5.74) is 0.590. The van der Waals surface area contributed by atoms with E-state index < -0.39 is 29.3 Å². The van der Waals surface area contributed by atoms with Gasteiger partial charge in [0.2, 0.25) is 5.91 Å². The van der Waals surface area contributed by atoms with E-state index in [1.807, 2.05) is 17.5 Å². The predicted octanol–water partition coefficient (Wildman–Crippen LogP) is 0.715. The molecule has 3 N–H and O–H groups in total. The minimum atomic E-state index is -1.21. The van der Waals surface area contributed by atoms with E-state index in [1.54, 1.807) is 17.0 Å². The lowest BCUT2D eigenvalue weighted by Gasteiger charge is -2.49. The Morgan fingerprint density at radius 3 is 2.52 bits per heavy atom. The fourth-order valence-corrected chi connectivity index (χ4v) is 5.57. The van der Waals surface area contributed by atoms with E-state index in [2.05, 4.69) is 5.32 Å². The monoisotopic (exact) mass is 460 g/mol. The molecule has 0 saturated carbocycles. The van der Waals surface area contributed by atoms with Gasteiger partial charge >= 0.3 is 11.9 Å². The van der Waals surface area contributed by atoms with E-state index in [0.29, 0.717) is 11.3 Å². The Bertz CT molecular complexity index is 1080. The van der Waals surface area contributed by atoms with E-state index in [9.17, 15) is 24.3 Å². The first-order valence-corrected chi connectivity index (χ1v) is 11.2. The van der Waals surface area contributed by atoms with Crippen molar-refractivity contribution in [3.63, 3.8) is 0 Å². The molecular formula is C20H18N3O6S2+. The molecule has 2 aromatic rings. The van der Waals surface area contributed by atoms with Crippen molar-refractivity contribution in [3.8, 4) is 0 Å². The molecular weight excluding hydrogens is 442 g/mol. The van der Waals surface area contributed by atoms with Crippen molar-refractivity contribution in [3.05, 3.63) is 63.7 Å². The van der Waals surface area contributed by atoms with E-state index in [4.69, 9.17) is 5.11 Å². The summed E-state index contributed by atoms with van der Waals surface area (Å²) >= 11 is 2.85. The second kappa shape index (κ2) is 8.52.